The van der Waals surface area contributed by atoms with Gasteiger partial charge in [0.25, 0.3) is 0 Å². The van der Waals surface area contributed by atoms with Crippen LogP contribution in [0.5, 0.6) is 0 Å². The quantitative estimate of drug-likeness (QED) is 0.796. The zero-order valence-electron chi connectivity index (χ0n) is 11.3. The maximum atomic E-state index is 13.2. The van der Waals surface area contributed by atoms with E-state index in [1.807, 2.05) is 0 Å². The van der Waals surface area contributed by atoms with Crippen LogP contribution in [-0.4, -0.2) is 23.3 Å². The van der Waals surface area contributed by atoms with Crippen LogP contribution < -0.4 is 5.32 Å². The molecule has 0 aliphatic carbocycles. The number of nitrogens with one attached hydrogen (secondary N) is 1. The molecule has 3 nitrogen and oxygen atoms in total. The second kappa shape index (κ2) is 7.40. The molecule has 0 aliphatic rings. The van der Waals surface area contributed by atoms with Gasteiger partial charge in [0.15, 0.2) is 11.6 Å². The van der Waals surface area contributed by atoms with E-state index in [0.717, 1.165) is 49.5 Å². The summed E-state index contributed by atoms with van der Waals surface area (Å²) >= 11 is 1.43. The van der Waals surface area contributed by atoms with E-state index in [2.05, 4.69) is 22.4 Å². The summed E-state index contributed by atoms with van der Waals surface area (Å²) in [7, 11) is 0. The summed E-state index contributed by atoms with van der Waals surface area (Å²) in [5.74, 6) is -1.71. The lowest BCUT2D eigenvalue weighted by Gasteiger charge is -2.00. The summed E-state index contributed by atoms with van der Waals surface area (Å²) in [4.78, 5) is 0. The molecule has 1 aromatic heterocycles. The van der Waals surface area contributed by atoms with Gasteiger partial charge in [-0.2, -0.15) is 0 Å². The highest BCUT2D eigenvalue weighted by molar-refractivity contribution is 7.14. The number of hydrogen-bond donors (Lipinski definition) is 1. The van der Waals surface area contributed by atoms with Crippen molar-refractivity contribution in [2.75, 3.05) is 13.1 Å². The van der Waals surface area contributed by atoms with Gasteiger partial charge in [0.1, 0.15) is 10.0 Å². The van der Waals surface area contributed by atoms with Crippen LogP contribution >= 0.6 is 11.3 Å². The molecule has 2 aromatic rings. The monoisotopic (exact) mass is 297 g/mol. The minimum atomic E-state index is -0.858. The van der Waals surface area contributed by atoms with Crippen molar-refractivity contribution in [3.05, 3.63) is 34.8 Å². The lowest BCUT2D eigenvalue weighted by molar-refractivity contribution is 0.509. The Morgan fingerprint density at radius 3 is 2.75 bits per heavy atom. The molecular formula is C14H17F2N3S. The predicted octanol–water partition coefficient (Wildman–Crippen LogP) is 3.42. The molecule has 2 rings (SSSR count). The maximum absolute atomic E-state index is 13.2. The van der Waals surface area contributed by atoms with Crippen molar-refractivity contribution in [1.82, 2.24) is 15.5 Å². The van der Waals surface area contributed by atoms with Gasteiger partial charge in [-0.3, -0.25) is 0 Å². The Labute approximate surface area is 121 Å². The molecule has 1 heterocycles. The summed E-state index contributed by atoms with van der Waals surface area (Å²) in [5.41, 5.74) is 0.566. The number of hydrogen-bond acceptors (Lipinski definition) is 4. The highest BCUT2D eigenvalue weighted by Crippen LogP contribution is 2.25. The fraction of sp³-hybridized carbons (Fsp3) is 0.429. The van der Waals surface area contributed by atoms with E-state index in [1.165, 1.54) is 17.4 Å². The summed E-state index contributed by atoms with van der Waals surface area (Å²) in [6, 6.07) is 3.79. The third kappa shape index (κ3) is 4.05. The Hall–Kier alpha value is -1.40. The SMILES string of the molecule is CCCNCCCc1nnc(-c2ccc(F)c(F)c2)s1. The van der Waals surface area contributed by atoms with Crippen molar-refractivity contribution >= 4 is 11.3 Å². The molecular weight excluding hydrogens is 280 g/mol. The third-order valence-electron chi connectivity index (χ3n) is 2.80. The minimum absolute atomic E-state index is 0.566. The van der Waals surface area contributed by atoms with Crippen LogP contribution in [0.1, 0.15) is 24.8 Å². The fourth-order valence-corrected chi connectivity index (χ4v) is 2.64. The van der Waals surface area contributed by atoms with Crippen LogP contribution in [0.25, 0.3) is 10.6 Å². The smallest absolute Gasteiger partial charge is 0.159 e. The Kier molecular flexibility index (Phi) is 5.55. The van der Waals surface area contributed by atoms with Gasteiger partial charge in [0, 0.05) is 12.0 Å². The zero-order valence-corrected chi connectivity index (χ0v) is 12.1. The molecule has 6 heteroatoms. The van der Waals surface area contributed by atoms with Gasteiger partial charge in [-0.25, -0.2) is 8.78 Å². The average Bonchev–Trinajstić information content (AvgIpc) is 2.90. The number of aryl methyl sites for hydroxylation is 1. The number of benzene rings is 1. The van der Waals surface area contributed by atoms with Gasteiger partial charge < -0.3 is 5.32 Å². The molecule has 0 bridgehead atoms. The Bertz CT molecular complexity index is 557. The standard InChI is InChI=1S/C14H17F2N3S/c1-2-7-17-8-3-4-13-18-19-14(20-13)10-5-6-11(15)12(16)9-10/h5-6,9,17H,2-4,7-8H2,1H3. The Morgan fingerprint density at radius 1 is 1.15 bits per heavy atom. The van der Waals surface area contributed by atoms with Crippen LogP contribution in [0, 0.1) is 11.6 Å². The predicted molar refractivity (Wildman–Crippen MR) is 76.7 cm³/mol. The fourth-order valence-electron chi connectivity index (χ4n) is 1.77. The first kappa shape index (κ1) is 15.0. The second-order valence-electron chi connectivity index (χ2n) is 4.48. The first-order valence-corrected chi connectivity index (χ1v) is 7.51. The van der Waals surface area contributed by atoms with Gasteiger partial charge in [-0.1, -0.05) is 18.3 Å². The summed E-state index contributed by atoms with van der Waals surface area (Å²) in [5, 5.41) is 13.0. The normalized spacial score (nSPS) is 10.9. The van der Waals surface area contributed by atoms with Crippen LogP contribution in [0.3, 0.4) is 0 Å². The first-order chi connectivity index (χ1) is 9.70. The van der Waals surface area contributed by atoms with Crippen LogP contribution in [-0.2, 0) is 6.42 Å². The van der Waals surface area contributed by atoms with E-state index in [-0.39, 0.29) is 0 Å². The van der Waals surface area contributed by atoms with Gasteiger partial charge in [0.2, 0.25) is 0 Å². The molecule has 20 heavy (non-hydrogen) atoms. The zero-order chi connectivity index (χ0) is 14.4. The minimum Gasteiger partial charge on any atom is -0.317 e. The molecule has 0 amide bonds. The van der Waals surface area contributed by atoms with Crippen molar-refractivity contribution < 1.29 is 8.78 Å². The molecule has 0 radical (unpaired) electrons. The first-order valence-electron chi connectivity index (χ1n) is 6.69. The molecule has 0 spiro atoms. The van der Waals surface area contributed by atoms with Gasteiger partial charge >= 0.3 is 0 Å². The third-order valence-corrected chi connectivity index (χ3v) is 3.84. The van der Waals surface area contributed by atoms with E-state index in [9.17, 15) is 8.78 Å². The largest absolute Gasteiger partial charge is 0.317 e. The average molecular weight is 297 g/mol. The van der Waals surface area contributed by atoms with Crippen LogP contribution in [0.4, 0.5) is 8.78 Å². The Balaban J connectivity index is 1.93. The summed E-state index contributed by atoms with van der Waals surface area (Å²) in [6.07, 6.45) is 2.96. The number of nitrogens with zero attached hydrogens (tertiary/aromatic N) is 2. The van der Waals surface area contributed by atoms with E-state index in [1.54, 1.807) is 0 Å². The molecule has 108 valence electrons. The van der Waals surface area contributed by atoms with Crippen LogP contribution in [0.2, 0.25) is 0 Å². The maximum Gasteiger partial charge on any atom is 0.159 e. The Morgan fingerprint density at radius 2 is 2.00 bits per heavy atom. The van der Waals surface area contributed by atoms with Gasteiger partial charge in [-0.05, 0) is 44.1 Å². The van der Waals surface area contributed by atoms with Crippen molar-refractivity contribution in [3.63, 3.8) is 0 Å². The number of halogens is 2. The molecule has 0 atom stereocenters. The van der Waals surface area contributed by atoms with Crippen molar-refractivity contribution in [2.45, 2.75) is 26.2 Å². The van der Waals surface area contributed by atoms with Gasteiger partial charge in [-0.15, -0.1) is 10.2 Å². The lowest BCUT2D eigenvalue weighted by atomic mass is 10.2. The molecule has 0 saturated heterocycles. The van der Waals surface area contributed by atoms with E-state index in [4.69, 9.17) is 0 Å². The second-order valence-corrected chi connectivity index (χ2v) is 5.55. The van der Waals surface area contributed by atoms with Crippen LogP contribution in [0.15, 0.2) is 18.2 Å². The van der Waals surface area contributed by atoms with Crippen molar-refractivity contribution in [1.29, 1.82) is 0 Å². The molecule has 1 N–H and O–H groups in total. The summed E-state index contributed by atoms with van der Waals surface area (Å²) < 4.78 is 26.0. The molecule has 0 fully saturated rings. The highest BCUT2D eigenvalue weighted by Gasteiger charge is 2.09. The number of rotatable bonds is 7. The molecule has 0 saturated carbocycles. The summed E-state index contributed by atoms with van der Waals surface area (Å²) in [6.45, 7) is 4.11. The van der Waals surface area contributed by atoms with E-state index in [0.29, 0.717) is 10.6 Å². The van der Waals surface area contributed by atoms with E-state index >= 15 is 0 Å². The van der Waals surface area contributed by atoms with Gasteiger partial charge in [0.05, 0.1) is 0 Å². The lowest BCUT2D eigenvalue weighted by Crippen LogP contribution is -2.16. The molecule has 0 unspecified atom stereocenters. The topological polar surface area (TPSA) is 37.8 Å². The molecule has 1 aromatic carbocycles. The number of aromatic nitrogens is 2. The molecule has 0 aliphatic heterocycles. The van der Waals surface area contributed by atoms with Crippen molar-refractivity contribution in [2.24, 2.45) is 0 Å². The van der Waals surface area contributed by atoms with Crippen molar-refractivity contribution in [3.8, 4) is 10.6 Å². The van der Waals surface area contributed by atoms with E-state index < -0.39 is 11.6 Å². The highest BCUT2D eigenvalue weighted by atomic mass is 32.1.